The van der Waals surface area contributed by atoms with Crippen LogP contribution in [-0.4, -0.2) is 39.2 Å². The van der Waals surface area contributed by atoms with E-state index in [1.807, 2.05) is 29.0 Å². The van der Waals surface area contributed by atoms with Gasteiger partial charge in [-0.1, -0.05) is 54.6 Å². The molecule has 3 aromatic rings. The molecule has 2 unspecified atom stereocenters. The molecule has 1 aliphatic carbocycles. The fourth-order valence-corrected chi connectivity index (χ4v) is 5.64. The topological polar surface area (TPSA) is 47.4 Å². The third kappa shape index (κ3) is 2.91. The molecular formula is C26H25N3O2. The lowest BCUT2D eigenvalue weighted by molar-refractivity contribution is 0.0866. The lowest BCUT2D eigenvalue weighted by Gasteiger charge is -2.33. The summed E-state index contributed by atoms with van der Waals surface area (Å²) in [6.07, 6.45) is 8.67. The maximum Gasteiger partial charge on any atom is 0.410 e. The second-order valence-corrected chi connectivity index (χ2v) is 8.80. The van der Waals surface area contributed by atoms with Crippen LogP contribution in [0, 0.1) is 0 Å². The fourth-order valence-electron chi connectivity index (χ4n) is 5.64. The predicted molar refractivity (Wildman–Crippen MR) is 120 cm³/mol. The van der Waals surface area contributed by atoms with Crippen molar-refractivity contribution in [1.29, 1.82) is 0 Å². The monoisotopic (exact) mass is 411 g/mol. The first-order chi connectivity index (χ1) is 15.2. The molecule has 1 amide bonds. The van der Waals surface area contributed by atoms with E-state index in [2.05, 4.69) is 59.6 Å². The van der Waals surface area contributed by atoms with Crippen LogP contribution >= 0.6 is 0 Å². The molecule has 0 N–H and O–H groups in total. The van der Waals surface area contributed by atoms with Crippen LogP contribution in [0.3, 0.4) is 0 Å². The zero-order valence-electron chi connectivity index (χ0n) is 17.6. The molecule has 2 bridgehead atoms. The first kappa shape index (κ1) is 18.4. The zero-order valence-corrected chi connectivity index (χ0v) is 17.6. The summed E-state index contributed by atoms with van der Waals surface area (Å²) < 4.78 is 8.00. The van der Waals surface area contributed by atoms with E-state index in [0.29, 0.717) is 6.61 Å². The highest BCUT2D eigenvalue weighted by molar-refractivity contribution is 5.79. The Morgan fingerprint density at radius 1 is 1.06 bits per heavy atom. The van der Waals surface area contributed by atoms with Gasteiger partial charge in [-0.3, -0.25) is 4.90 Å². The van der Waals surface area contributed by atoms with Gasteiger partial charge < -0.3 is 9.30 Å². The van der Waals surface area contributed by atoms with E-state index in [4.69, 9.17) is 4.74 Å². The van der Waals surface area contributed by atoms with Gasteiger partial charge in [-0.05, 0) is 47.1 Å². The number of benzene rings is 2. The van der Waals surface area contributed by atoms with E-state index in [-0.39, 0.29) is 24.1 Å². The van der Waals surface area contributed by atoms with Gasteiger partial charge >= 0.3 is 6.09 Å². The standard InChI is InChI=1S/C26H25N3O2/c1-28-16-27-14-25(28)17-12-18-10-11-19(13-17)29(18)26(30)31-15-24-22-8-4-2-6-20(22)21-7-3-5-9-23(21)24/h2-9,12,14,16,18-19,24H,10-11,13,15H2,1H3. The highest BCUT2D eigenvalue weighted by Gasteiger charge is 2.41. The molecule has 3 heterocycles. The molecule has 2 atom stereocenters. The van der Waals surface area contributed by atoms with Gasteiger partial charge in [0.05, 0.1) is 24.3 Å². The number of ether oxygens (including phenoxy) is 1. The quantitative estimate of drug-likeness (QED) is 0.610. The SMILES string of the molecule is Cn1cncc1C1=CC2CCC(C1)N2C(=O)OCC1c2ccccc2-c2ccccc21. The number of hydrogen-bond acceptors (Lipinski definition) is 3. The van der Waals surface area contributed by atoms with Crippen molar-refractivity contribution < 1.29 is 9.53 Å². The van der Waals surface area contributed by atoms with Crippen molar-refractivity contribution in [3.63, 3.8) is 0 Å². The van der Waals surface area contributed by atoms with Gasteiger partial charge in [0.2, 0.25) is 0 Å². The Hall–Kier alpha value is -3.34. The van der Waals surface area contributed by atoms with Crippen molar-refractivity contribution in [3.8, 4) is 11.1 Å². The number of fused-ring (bicyclic) bond motifs is 5. The van der Waals surface area contributed by atoms with Crippen LogP contribution in [0.15, 0.2) is 67.1 Å². The van der Waals surface area contributed by atoms with Gasteiger partial charge in [-0.25, -0.2) is 9.78 Å². The molecule has 2 aromatic carbocycles. The Morgan fingerprint density at radius 3 is 2.42 bits per heavy atom. The third-order valence-electron chi connectivity index (χ3n) is 7.09. The number of amides is 1. The van der Waals surface area contributed by atoms with E-state index in [9.17, 15) is 4.79 Å². The van der Waals surface area contributed by atoms with E-state index in [0.717, 1.165) is 25.0 Å². The second kappa shape index (κ2) is 7.12. The Morgan fingerprint density at radius 2 is 1.77 bits per heavy atom. The van der Waals surface area contributed by atoms with E-state index < -0.39 is 0 Å². The molecule has 5 heteroatoms. The van der Waals surface area contributed by atoms with Crippen molar-refractivity contribution in [2.45, 2.75) is 37.3 Å². The van der Waals surface area contributed by atoms with Crippen LogP contribution in [0.1, 0.15) is 42.0 Å². The summed E-state index contributed by atoms with van der Waals surface area (Å²) >= 11 is 0. The average molecular weight is 412 g/mol. The fraction of sp³-hybridized carbons (Fsp3) is 0.308. The first-order valence-electron chi connectivity index (χ1n) is 11.0. The van der Waals surface area contributed by atoms with Crippen molar-refractivity contribution in [3.05, 3.63) is 84.0 Å². The summed E-state index contributed by atoms with van der Waals surface area (Å²) in [5.74, 6) is 0.0966. The van der Waals surface area contributed by atoms with Crippen LogP contribution in [0.25, 0.3) is 16.7 Å². The number of aromatic nitrogens is 2. The molecule has 0 saturated carbocycles. The van der Waals surface area contributed by atoms with Crippen LogP contribution in [0.5, 0.6) is 0 Å². The molecule has 5 nitrogen and oxygen atoms in total. The molecular weight excluding hydrogens is 386 g/mol. The summed E-state index contributed by atoms with van der Waals surface area (Å²) in [4.78, 5) is 19.4. The van der Waals surface area contributed by atoms with Gasteiger partial charge in [0.25, 0.3) is 0 Å². The van der Waals surface area contributed by atoms with Crippen molar-refractivity contribution in [1.82, 2.24) is 14.5 Å². The largest absolute Gasteiger partial charge is 0.448 e. The highest BCUT2D eigenvalue weighted by atomic mass is 16.6. The molecule has 1 aromatic heterocycles. The molecule has 1 fully saturated rings. The predicted octanol–water partition coefficient (Wildman–Crippen LogP) is 4.99. The van der Waals surface area contributed by atoms with E-state index in [1.54, 1.807) is 0 Å². The molecule has 0 spiro atoms. The molecule has 31 heavy (non-hydrogen) atoms. The minimum absolute atomic E-state index is 0.0966. The van der Waals surface area contributed by atoms with Crippen LogP contribution in [-0.2, 0) is 11.8 Å². The van der Waals surface area contributed by atoms with Gasteiger partial charge in [0.1, 0.15) is 6.61 Å². The summed E-state index contributed by atoms with van der Waals surface area (Å²) in [7, 11) is 2.02. The van der Waals surface area contributed by atoms with E-state index in [1.165, 1.54) is 27.8 Å². The Labute approximate surface area is 182 Å². The number of hydrogen-bond donors (Lipinski definition) is 0. The maximum atomic E-state index is 13.2. The van der Waals surface area contributed by atoms with Crippen molar-refractivity contribution in [2.24, 2.45) is 7.05 Å². The molecule has 6 rings (SSSR count). The molecule has 1 saturated heterocycles. The summed E-state index contributed by atoms with van der Waals surface area (Å²) in [5.41, 5.74) is 7.43. The highest BCUT2D eigenvalue weighted by Crippen LogP contribution is 2.45. The molecule has 156 valence electrons. The smallest absolute Gasteiger partial charge is 0.410 e. The minimum atomic E-state index is -0.185. The van der Waals surface area contributed by atoms with Crippen LogP contribution in [0.4, 0.5) is 4.79 Å². The van der Waals surface area contributed by atoms with Gasteiger partial charge in [-0.2, -0.15) is 0 Å². The third-order valence-corrected chi connectivity index (χ3v) is 7.09. The lowest BCUT2D eigenvalue weighted by Crippen LogP contribution is -2.43. The maximum absolute atomic E-state index is 13.2. The number of nitrogens with zero attached hydrogens (tertiary/aromatic N) is 3. The molecule has 0 radical (unpaired) electrons. The first-order valence-corrected chi connectivity index (χ1v) is 11.0. The number of imidazole rings is 1. The molecule has 2 aliphatic heterocycles. The number of carbonyl (C=O) groups is 1. The number of aryl methyl sites for hydroxylation is 1. The number of rotatable bonds is 3. The van der Waals surface area contributed by atoms with Crippen LogP contribution in [0.2, 0.25) is 0 Å². The normalized spacial score (nSPS) is 21.6. The van der Waals surface area contributed by atoms with Crippen molar-refractivity contribution in [2.75, 3.05) is 6.61 Å². The van der Waals surface area contributed by atoms with Crippen molar-refractivity contribution >= 4 is 11.7 Å². The van der Waals surface area contributed by atoms with Gasteiger partial charge in [0.15, 0.2) is 0 Å². The lowest BCUT2D eigenvalue weighted by atomic mass is 9.98. The Bertz CT molecular complexity index is 1150. The summed E-state index contributed by atoms with van der Waals surface area (Å²) in [5, 5.41) is 0. The summed E-state index contributed by atoms with van der Waals surface area (Å²) in [6, 6.07) is 17.2. The zero-order chi connectivity index (χ0) is 20.9. The molecule has 3 aliphatic rings. The Kier molecular flexibility index (Phi) is 4.23. The second-order valence-electron chi connectivity index (χ2n) is 8.80. The van der Waals surface area contributed by atoms with Gasteiger partial charge in [0, 0.05) is 19.0 Å². The summed E-state index contributed by atoms with van der Waals surface area (Å²) in [6.45, 7) is 0.376. The number of carbonyl (C=O) groups excluding carboxylic acids is 1. The van der Waals surface area contributed by atoms with Gasteiger partial charge in [-0.15, -0.1) is 0 Å². The van der Waals surface area contributed by atoms with Crippen LogP contribution < -0.4 is 0 Å². The average Bonchev–Trinajstić information content (AvgIpc) is 3.44. The minimum Gasteiger partial charge on any atom is -0.448 e. The van der Waals surface area contributed by atoms with E-state index >= 15 is 0 Å². The Balaban J connectivity index is 1.21.